The number of thioether (sulfide) groups is 2. The number of hydrogen-bond donors (Lipinski definition) is 1. The van der Waals surface area contributed by atoms with Gasteiger partial charge in [-0.05, 0) is 80.6 Å². The van der Waals surface area contributed by atoms with Crippen molar-refractivity contribution in [2.45, 2.75) is 80.5 Å². The number of aliphatic hydroxyl groups is 1. The largest absolute Gasteiger partial charge is 0.484 e. The van der Waals surface area contributed by atoms with E-state index in [4.69, 9.17) is 14.2 Å². The van der Waals surface area contributed by atoms with E-state index in [0.29, 0.717) is 6.42 Å². The molecule has 5 atom stereocenters. The monoisotopic (exact) mass is 542 g/mol. The van der Waals surface area contributed by atoms with E-state index in [1.54, 1.807) is 11.8 Å². The van der Waals surface area contributed by atoms with Gasteiger partial charge in [0, 0.05) is 35.6 Å². The number of halogens is 1. The maximum absolute atomic E-state index is 10.6. The van der Waals surface area contributed by atoms with Crippen LogP contribution >= 0.6 is 39.5 Å². The second-order valence-corrected chi connectivity index (χ2v) is 11.7. The van der Waals surface area contributed by atoms with Crippen LogP contribution in [0.2, 0.25) is 0 Å². The minimum atomic E-state index is -0.371. The Bertz CT molecular complexity index is 798. The summed E-state index contributed by atoms with van der Waals surface area (Å²) in [6, 6.07) is 4.42. The average molecular weight is 544 g/mol. The highest BCUT2D eigenvalue weighted by Gasteiger charge is 2.58. The number of benzene rings is 1. The summed E-state index contributed by atoms with van der Waals surface area (Å²) in [5.41, 5.74) is 2.15. The van der Waals surface area contributed by atoms with Crippen molar-refractivity contribution in [2.24, 2.45) is 0 Å². The van der Waals surface area contributed by atoms with Crippen LogP contribution in [0.5, 0.6) is 5.75 Å². The number of fused-ring (bicyclic) bond motifs is 3. The van der Waals surface area contributed by atoms with Gasteiger partial charge in [0.15, 0.2) is 6.29 Å². The zero-order valence-electron chi connectivity index (χ0n) is 19.1. The first-order chi connectivity index (χ1) is 15.6. The summed E-state index contributed by atoms with van der Waals surface area (Å²) in [5, 5.41) is 12.9. The van der Waals surface area contributed by atoms with Gasteiger partial charge in [0.25, 0.3) is 0 Å². The van der Waals surface area contributed by atoms with Crippen molar-refractivity contribution in [3.63, 3.8) is 0 Å². The van der Waals surface area contributed by atoms with Crippen molar-refractivity contribution in [1.29, 1.82) is 0 Å². The first kappa shape index (κ1) is 24.9. The number of hydrogen-bond acceptors (Lipinski definition) is 6. The van der Waals surface area contributed by atoms with Crippen LogP contribution < -0.4 is 4.74 Å². The van der Waals surface area contributed by atoms with Gasteiger partial charge >= 0.3 is 0 Å². The lowest BCUT2D eigenvalue weighted by Crippen LogP contribution is -2.44. The van der Waals surface area contributed by atoms with Crippen molar-refractivity contribution < 1.29 is 19.3 Å². The van der Waals surface area contributed by atoms with Gasteiger partial charge in [0.2, 0.25) is 0 Å². The summed E-state index contributed by atoms with van der Waals surface area (Å²) in [7, 11) is 0. The van der Waals surface area contributed by atoms with Gasteiger partial charge in [-0.25, -0.2) is 0 Å². The van der Waals surface area contributed by atoms with Gasteiger partial charge in [-0.3, -0.25) is 0 Å². The van der Waals surface area contributed by atoms with Gasteiger partial charge in [0.1, 0.15) is 11.4 Å². The molecule has 2 aliphatic heterocycles. The van der Waals surface area contributed by atoms with E-state index in [2.05, 4.69) is 52.1 Å². The SMILES string of the molecule is CSC=CC(SC)[C@@]12CC(O)C[C@H]1c1cc(Br)cc(CCCCOC3CCCCO3)c1O2. The van der Waals surface area contributed by atoms with E-state index in [1.807, 2.05) is 11.8 Å². The molecule has 0 radical (unpaired) electrons. The first-order valence-corrected chi connectivity index (χ1v) is 15.1. The zero-order valence-corrected chi connectivity index (χ0v) is 22.3. The van der Waals surface area contributed by atoms with Gasteiger partial charge in [-0.2, -0.15) is 11.8 Å². The third-order valence-electron chi connectivity index (χ3n) is 6.89. The van der Waals surface area contributed by atoms with Crippen LogP contribution in [0, 0.1) is 0 Å². The molecule has 2 fully saturated rings. The molecule has 1 N–H and O–H groups in total. The average Bonchev–Trinajstić information content (AvgIpc) is 3.27. The Balaban J connectivity index is 1.45. The molecule has 0 aromatic heterocycles. The second-order valence-electron chi connectivity index (χ2n) is 9.03. The summed E-state index contributed by atoms with van der Waals surface area (Å²) in [5.74, 6) is 1.28. The normalized spacial score (nSPS) is 30.3. The predicted octanol–water partition coefficient (Wildman–Crippen LogP) is 6.29. The quantitative estimate of drug-likeness (QED) is 0.350. The third kappa shape index (κ3) is 5.38. The highest BCUT2D eigenvalue weighted by Crippen LogP contribution is 2.59. The standard InChI is InChI=1S/C25H35BrO4S2/c1-31-12-9-22(32-2)25-16-19(27)15-21(25)20-14-18(26)13-17(24(20)30-25)7-3-5-10-28-23-8-4-6-11-29-23/h9,12-14,19,21-23,27H,3-8,10-11,15-16H2,1-2H3/t19?,21-,22?,23?,25+/m0/s1. The lowest BCUT2D eigenvalue weighted by atomic mass is 9.84. The van der Waals surface area contributed by atoms with Crippen molar-refractivity contribution in [1.82, 2.24) is 0 Å². The highest BCUT2D eigenvalue weighted by molar-refractivity contribution is 9.10. The van der Waals surface area contributed by atoms with Gasteiger partial charge in [-0.1, -0.05) is 22.0 Å². The summed E-state index contributed by atoms with van der Waals surface area (Å²) < 4.78 is 19.5. The number of aliphatic hydroxyl groups excluding tert-OH is 1. The molecule has 1 saturated carbocycles. The molecule has 2 heterocycles. The van der Waals surface area contributed by atoms with Crippen molar-refractivity contribution >= 4 is 39.5 Å². The molecule has 4 rings (SSSR count). The second kappa shape index (κ2) is 11.5. The summed E-state index contributed by atoms with van der Waals surface area (Å²) in [6.45, 7) is 1.57. The predicted molar refractivity (Wildman–Crippen MR) is 138 cm³/mol. The number of ether oxygens (including phenoxy) is 3. The smallest absolute Gasteiger partial charge is 0.157 e. The molecule has 0 amide bonds. The lowest BCUT2D eigenvalue weighted by Gasteiger charge is -2.35. The molecule has 4 nitrogen and oxygen atoms in total. The minimum absolute atomic E-state index is 0.00863. The van der Waals surface area contributed by atoms with Crippen LogP contribution in [0.4, 0.5) is 0 Å². The summed E-state index contributed by atoms with van der Waals surface area (Å²) >= 11 is 7.26. The Morgan fingerprint density at radius 3 is 2.94 bits per heavy atom. The van der Waals surface area contributed by atoms with E-state index in [-0.39, 0.29) is 29.2 Å². The molecule has 3 unspecified atom stereocenters. The molecular weight excluding hydrogens is 508 g/mol. The van der Waals surface area contributed by atoms with Gasteiger partial charge < -0.3 is 19.3 Å². The topological polar surface area (TPSA) is 47.9 Å². The van der Waals surface area contributed by atoms with Crippen molar-refractivity contribution in [3.05, 3.63) is 39.2 Å². The molecule has 32 heavy (non-hydrogen) atoms. The molecule has 1 aliphatic carbocycles. The Morgan fingerprint density at radius 1 is 1.31 bits per heavy atom. The molecule has 7 heteroatoms. The van der Waals surface area contributed by atoms with Crippen molar-refractivity contribution in [3.8, 4) is 5.75 Å². The van der Waals surface area contributed by atoms with Crippen LogP contribution in [-0.4, -0.2) is 54.1 Å². The number of rotatable bonds is 10. The molecule has 178 valence electrons. The van der Waals surface area contributed by atoms with Crippen LogP contribution in [0.3, 0.4) is 0 Å². The highest BCUT2D eigenvalue weighted by atomic mass is 79.9. The summed E-state index contributed by atoms with van der Waals surface area (Å²) in [6.07, 6.45) is 14.0. The van der Waals surface area contributed by atoms with Gasteiger partial charge in [0.05, 0.1) is 11.4 Å². The molecular formula is C25H35BrO4S2. The van der Waals surface area contributed by atoms with Gasteiger partial charge in [-0.15, -0.1) is 11.8 Å². The zero-order chi connectivity index (χ0) is 22.6. The number of aryl methyl sites for hydroxylation is 1. The molecule has 0 bridgehead atoms. The van der Waals surface area contributed by atoms with Crippen LogP contribution in [0.15, 0.2) is 28.1 Å². The van der Waals surface area contributed by atoms with Crippen LogP contribution in [0.1, 0.15) is 62.0 Å². The fourth-order valence-electron chi connectivity index (χ4n) is 5.44. The van der Waals surface area contributed by atoms with Crippen molar-refractivity contribution in [2.75, 3.05) is 25.7 Å². The van der Waals surface area contributed by atoms with E-state index in [9.17, 15) is 5.11 Å². The Hall–Kier alpha value is -0.180. The molecule has 1 aromatic rings. The molecule has 1 saturated heterocycles. The molecule has 0 spiro atoms. The lowest BCUT2D eigenvalue weighted by molar-refractivity contribution is -0.162. The van der Waals surface area contributed by atoms with Crippen LogP contribution in [-0.2, 0) is 15.9 Å². The Kier molecular flexibility index (Phi) is 8.96. The van der Waals surface area contributed by atoms with E-state index >= 15 is 0 Å². The fourth-order valence-corrected chi connectivity index (χ4v) is 7.32. The first-order valence-electron chi connectivity index (χ1n) is 11.7. The number of unbranched alkanes of at least 4 members (excludes halogenated alkanes) is 1. The maximum atomic E-state index is 10.6. The molecule has 3 aliphatic rings. The maximum Gasteiger partial charge on any atom is 0.157 e. The van der Waals surface area contributed by atoms with E-state index in [1.165, 1.54) is 17.5 Å². The Morgan fingerprint density at radius 2 is 2.19 bits per heavy atom. The third-order valence-corrected chi connectivity index (χ3v) is 8.84. The van der Waals surface area contributed by atoms with E-state index < -0.39 is 0 Å². The fraction of sp³-hybridized carbons (Fsp3) is 0.680. The molecule has 1 aromatic carbocycles. The minimum Gasteiger partial charge on any atom is -0.484 e. The summed E-state index contributed by atoms with van der Waals surface area (Å²) in [4.78, 5) is 0. The Labute approximate surface area is 209 Å². The van der Waals surface area contributed by atoms with Crippen LogP contribution in [0.25, 0.3) is 0 Å². The van der Waals surface area contributed by atoms with E-state index in [0.717, 1.165) is 62.0 Å².